The summed E-state index contributed by atoms with van der Waals surface area (Å²) in [7, 11) is 0. The van der Waals surface area contributed by atoms with Crippen molar-refractivity contribution >= 4 is 23.4 Å². The van der Waals surface area contributed by atoms with Crippen LogP contribution in [0, 0.1) is 11.7 Å². The van der Waals surface area contributed by atoms with Crippen molar-refractivity contribution in [2.24, 2.45) is 5.92 Å². The third-order valence-electron chi connectivity index (χ3n) is 4.95. The molecule has 0 bridgehead atoms. The summed E-state index contributed by atoms with van der Waals surface area (Å²) in [4.78, 5) is 37.9. The molecule has 30 heavy (non-hydrogen) atoms. The molecule has 8 heteroatoms. The average molecular weight is 413 g/mol. The topological polar surface area (TPSA) is 87.7 Å². The van der Waals surface area contributed by atoms with E-state index in [1.807, 2.05) is 18.2 Å². The summed E-state index contributed by atoms with van der Waals surface area (Å²) in [6.07, 6.45) is 1.43. The van der Waals surface area contributed by atoms with E-state index in [2.05, 4.69) is 10.6 Å². The Balaban J connectivity index is 1.36. The van der Waals surface area contributed by atoms with Crippen LogP contribution >= 0.6 is 0 Å². The van der Waals surface area contributed by atoms with Crippen LogP contribution in [0.2, 0.25) is 0 Å². The van der Waals surface area contributed by atoms with Gasteiger partial charge in [0.15, 0.2) is 6.61 Å². The number of amides is 3. The van der Waals surface area contributed by atoms with Crippen LogP contribution < -0.4 is 15.4 Å². The zero-order valence-electron chi connectivity index (χ0n) is 16.5. The fraction of sp³-hybridized carbons (Fsp3) is 0.318. The van der Waals surface area contributed by atoms with Gasteiger partial charge >= 0.3 is 11.8 Å². The number of carbonyl (C=O) groups excluding carboxylic acids is 3. The van der Waals surface area contributed by atoms with Crippen molar-refractivity contribution in [2.45, 2.75) is 12.8 Å². The predicted octanol–water partition coefficient (Wildman–Crippen LogP) is 2.20. The number of benzene rings is 2. The molecular formula is C22H24FN3O4. The van der Waals surface area contributed by atoms with Crippen LogP contribution in [0.4, 0.5) is 10.1 Å². The lowest BCUT2D eigenvalue weighted by molar-refractivity contribution is -0.136. The maximum Gasteiger partial charge on any atom is 0.313 e. The lowest BCUT2D eigenvalue weighted by atomic mass is 9.96. The summed E-state index contributed by atoms with van der Waals surface area (Å²) in [5.41, 5.74) is -0.0396. The second kappa shape index (κ2) is 10.4. The van der Waals surface area contributed by atoms with E-state index < -0.39 is 17.6 Å². The third-order valence-corrected chi connectivity index (χ3v) is 4.95. The number of carbonyl (C=O) groups is 3. The lowest BCUT2D eigenvalue weighted by Gasteiger charge is -2.32. The summed E-state index contributed by atoms with van der Waals surface area (Å²) in [5, 5.41) is 4.84. The summed E-state index contributed by atoms with van der Waals surface area (Å²) in [5.74, 6) is -1.59. The molecule has 3 rings (SSSR count). The number of hydrogen-bond donors (Lipinski definition) is 2. The van der Waals surface area contributed by atoms with Crippen LogP contribution in [0.15, 0.2) is 54.6 Å². The van der Waals surface area contributed by atoms with Gasteiger partial charge in [-0.2, -0.15) is 0 Å². The Bertz CT molecular complexity index is 883. The Hall–Kier alpha value is -3.42. The zero-order chi connectivity index (χ0) is 21.3. The van der Waals surface area contributed by atoms with Gasteiger partial charge in [0.25, 0.3) is 5.91 Å². The van der Waals surface area contributed by atoms with E-state index in [-0.39, 0.29) is 24.1 Å². The SMILES string of the molecule is O=C(NCC1CCN(C(=O)COc2ccccc2)CC1)C(=O)Nc1ccccc1F. The Morgan fingerprint density at radius 3 is 2.33 bits per heavy atom. The fourth-order valence-corrected chi connectivity index (χ4v) is 3.20. The first-order chi connectivity index (χ1) is 14.5. The molecule has 3 amide bonds. The molecule has 1 fully saturated rings. The molecule has 1 aliphatic heterocycles. The van der Waals surface area contributed by atoms with Crippen molar-refractivity contribution in [3.63, 3.8) is 0 Å². The highest BCUT2D eigenvalue weighted by molar-refractivity contribution is 6.39. The second-order valence-electron chi connectivity index (χ2n) is 7.07. The predicted molar refractivity (Wildman–Crippen MR) is 109 cm³/mol. The molecule has 0 saturated carbocycles. The molecule has 1 heterocycles. The first-order valence-electron chi connectivity index (χ1n) is 9.82. The molecule has 0 radical (unpaired) electrons. The van der Waals surface area contributed by atoms with E-state index in [0.717, 1.165) is 0 Å². The number of piperidine rings is 1. The zero-order valence-corrected chi connectivity index (χ0v) is 16.5. The van der Waals surface area contributed by atoms with Crippen molar-refractivity contribution in [3.05, 3.63) is 60.4 Å². The average Bonchev–Trinajstić information content (AvgIpc) is 2.78. The molecule has 2 N–H and O–H groups in total. The van der Waals surface area contributed by atoms with Crippen LogP contribution in [0.5, 0.6) is 5.75 Å². The third kappa shape index (κ3) is 6.04. The normalized spacial score (nSPS) is 14.1. The van der Waals surface area contributed by atoms with Gasteiger partial charge in [-0.05, 0) is 43.0 Å². The molecule has 0 aromatic heterocycles. The van der Waals surface area contributed by atoms with E-state index in [1.165, 1.54) is 18.2 Å². The van der Waals surface area contributed by atoms with Crippen molar-refractivity contribution in [2.75, 3.05) is 31.6 Å². The van der Waals surface area contributed by atoms with Crippen molar-refractivity contribution < 1.29 is 23.5 Å². The molecule has 0 spiro atoms. The minimum Gasteiger partial charge on any atom is -0.484 e. The molecule has 158 valence electrons. The number of anilines is 1. The summed E-state index contributed by atoms with van der Waals surface area (Å²) in [6, 6.07) is 14.8. The van der Waals surface area contributed by atoms with Crippen LogP contribution in [-0.2, 0) is 14.4 Å². The molecule has 1 aliphatic rings. The van der Waals surface area contributed by atoms with Crippen LogP contribution in [-0.4, -0.2) is 48.9 Å². The Kier molecular flexibility index (Phi) is 7.37. The number of hydrogen-bond acceptors (Lipinski definition) is 4. The lowest BCUT2D eigenvalue weighted by Crippen LogP contribution is -2.44. The van der Waals surface area contributed by atoms with E-state index in [0.29, 0.717) is 38.2 Å². The number of ether oxygens (including phenoxy) is 1. The monoisotopic (exact) mass is 413 g/mol. The van der Waals surface area contributed by atoms with Crippen molar-refractivity contribution in [1.82, 2.24) is 10.2 Å². The minimum atomic E-state index is -0.911. The fourth-order valence-electron chi connectivity index (χ4n) is 3.20. The highest BCUT2D eigenvalue weighted by atomic mass is 19.1. The second-order valence-corrected chi connectivity index (χ2v) is 7.07. The van der Waals surface area contributed by atoms with Gasteiger partial charge in [0.2, 0.25) is 0 Å². The summed E-state index contributed by atoms with van der Waals surface area (Å²) in [6.45, 7) is 1.45. The van der Waals surface area contributed by atoms with Gasteiger partial charge in [-0.25, -0.2) is 4.39 Å². The molecule has 1 saturated heterocycles. The van der Waals surface area contributed by atoms with Gasteiger partial charge in [-0.1, -0.05) is 30.3 Å². The van der Waals surface area contributed by atoms with Gasteiger partial charge in [0.1, 0.15) is 11.6 Å². The van der Waals surface area contributed by atoms with Crippen molar-refractivity contribution in [3.8, 4) is 5.75 Å². The first-order valence-corrected chi connectivity index (χ1v) is 9.82. The molecule has 0 aliphatic carbocycles. The van der Waals surface area contributed by atoms with E-state index in [1.54, 1.807) is 23.1 Å². The quantitative estimate of drug-likeness (QED) is 0.711. The van der Waals surface area contributed by atoms with Gasteiger partial charge in [-0.15, -0.1) is 0 Å². The highest BCUT2D eigenvalue weighted by Crippen LogP contribution is 2.17. The molecule has 0 unspecified atom stereocenters. The standard InChI is InChI=1S/C22H24FN3O4/c23-18-8-4-5-9-19(18)25-22(29)21(28)24-14-16-10-12-26(13-11-16)20(27)15-30-17-6-2-1-3-7-17/h1-9,16H,10-15H2,(H,24,28)(H,25,29). The van der Waals surface area contributed by atoms with Crippen LogP contribution in [0.1, 0.15) is 12.8 Å². The minimum absolute atomic E-state index is 0.0123. The highest BCUT2D eigenvalue weighted by Gasteiger charge is 2.24. The summed E-state index contributed by atoms with van der Waals surface area (Å²) < 4.78 is 19.0. The Morgan fingerprint density at radius 2 is 1.63 bits per heavy atom. The molecule has 2 aromatic rings. The van der Waals surface area contributed by atoms with Gasteiger partial charge < -0.3 is 20.3 Å². The number of rotatable bonds is 6. The summed E-state index contributed by atoms with van der Waals surface area (Å²) >= 11 is 0. The number of halogens is 1. The first kappa shape index (κ1) is 21.3. The Labute approximate surface area is 174 Å². The van der Waals surface area contributed by atoms with E-state index in [4.69, 9.17) is 4.74 Å². The number of para-hydroxylation sites is 2. The number of nitrogens with one attached hydrogen (secondary N) is 2. The van der Waals surface area contributed by atoms with Gasteiger partial charge in [0, 0.05) is 19.6 Å². The number of likely N-dealkylation sites (tertiary alicyclic amines) is 1. The molecule has 2 aromatic carbocycles. The van der Waals surface area contributed by atoms with Gasteiger partial charge in [0.05, 0.1) is 5.69 Å². The molecular weight excluding hydrogens is 389 g/mol. The maximum absolute atomic E-state index is 13.6. The van der Waals surface area contributed by atoms with Crippen LogP contribution in [0.25, 0.3) is 0 Å². The largest absolute Gasteiger partial charge is 0.484 e. The molecule has 0 atom stereocenters. The van der Waals surface area contributed by atoms with Crippen molar-refractivity contribution in [1.29, 1.82) is 0 Å². The maximum atomic E-state index is 13.6. The molecule has 7 nitrogen and oxygen atoms in total. The van der Waals surface area contributed by atoms with Crippen LogP contribution in [0.3, 0.4) is 0 Å². The van der Waals surface area contributed by atoms with Gasteiger partial charge in [-0.3, -0.25) is 14.4 Å². The Morgan fingerprint density at radius 1 is 0.967 bits per heavy atom. The van der Waals surface area contributed by atoms with E-state index in [9.17, 15) is 18.8 Å². The van der Waals surface area contributed by atoms with E-state index >= 15 is 0 Å². The number of nitrogens with zero attached hydrogens (tertiary/aromatic N) is 1. The smallest absolute Gasteiger partial charge is 0.313 e.